The van der Waals surface area contributed by atoms with Gasteiger partial charge in [0.15, 0.2) is 0 Å². The van der Waals surface area contributed by atoms with Crippen molar-refractivity contribution in [1.82, 2.24) is 5.32 Å². The summed E-state index contributed by atoms with van der Waals surface area (Å²) in [6.45, 7) is 3.52. The highest BCUT2D eigenvalue weighted by molar-refractivity contribution is 5.81. The number of hydrogen-bond donors (Lipinski definition) is 2. The molecule has 1 unspecified atom stereocenters. The number of nitrogens with one attached hydrogen (secondary N) is 1. The molecule has 0 aliphatic rings. The normalized spacial score (nSPS) is 13.6. The Hall–Kier alpha value is -1.86. The minimum atomic E-state index is -0.513. The molecule has 0 aromatic heterocycles. The molecule has 0 spiro atoms. The monoisotopic (exact) mass is 217 g/mol. The number of carbonyl (C=O) groups excluding carboxylic acids is 1. The molecule has 0 bridgehead atoms. The molecule has 0 aliphatic carbocycles. The molecule has 0 heterocycles. The second kappa shape index (κ2) is 5.29. The standard InChI is InChI=1S/C12H15N3O/c1-8(14)12(16)15-9(2)11-5-3-10(7-13)4-6-11/h3-6,8-9H,14H2,1-2H3,(H,15,16)/t8-,9?/m0/s1. The first-order chi connectivity index (χ1) is 7.54. The van der Waals surface area contributed by atoms with Crippen LogP contribution >= 0.6 is 0 Å². The van der Waals surface area contributed by atoms with Gasteiger partial charge in [-0.15, -0.1) is 0 Å². The van der Waals surface area contributed by atoms with Crippen LogP contribution in [0.15, 0.2) is 24.3 Å². The average molecular weight is 217 g/mol. The summed E-state index contributed by atoms with van der Waals surface area (Å²) in [5.41, 5.74) is 7.01. The fraction of sp³-hybridized carbons (Fsp3) is 0.333. The first kappa shape index (κ1) is 12.2. The topological polar surface area (TPSA) is 78.9 Å². The van der Waals surface area contributed by atoms with Crippen LogP contribution < -0.4 is 11.1 Å². The molecule has 4 heteroatoms. The van der Waals surface area contributed by atoms with Crippen molar-refractivity contribution in [3.8, 4) is 6.07 Å². The van der Waals surface area contributed by atoms with Crippen molar-refractivity contribution in [2.45, 2.75) is 25.9 Å². The predicted octanol–water partition coefficient (Wildman–Crippen LogP) is 1.08. The van der Waals surface area contributed by atoms with Gasteiger partial charge in [-0.05, 0) is 31.5 Å². The van der Waals surface area contributed by atoms with Crippen molar-refractivity contribution >= 4 is 5.91 Å². The van der Waals surface area contributed by atoms with Crippen LogP contribution in [0.5, 0.6) is 0 Å². The zero-order valence-electron chi connectivity index (χ0n) is 9.40. The van der Waals surface area contributed by atoms with E-state index in [1.807, 2.05) is 25.1 Å². The zero-order valence-corrected chi connectivity index (χ0v) is 9.40. The highest BCUT2D eigenvalue weighted by atomic mass is 16.2. The summed E-state index contributed by atoms with van der Waals surface area (Å²) in [4.78, 5) is 11.4. The van der Waals surface area contributed by atoms with Crippen LogP contribution in [0.3, 0.4) is 0 Å². The van der Waals surface area contributed by atoms with E-state index in [1.54, 1.807) is 19.1 Å². The largest absolute Gasteiger partial charge is 0.348 e. The highest BCUT2D eigenvalue weighted by Gasteiger charge is 2.12. The fourth-order valence-corrected chi connectivity index (χ4v) is 1.27. The summed E-state index contributed by atoms with van der Waals surface area (Å²) in [6.07, 6.45) is 0. The van der Waals surface area contributed by atoms with Crippen molar-refractivity contribution in [3.63, 3.8) is 0 Å². The average Bonchev–Trinajstić information content (AvgIpc) is 2.28. The summed E-state index contributed by atoms with van der Waals surface area (Å²) in [5, 5.41) is 11.4. The Labute approximate surface area is 95.1 Å². The Kier molecular flexibility index (Phi) is 4.03. The zero-order chi connectivity index (χ0) is 12.1. The lowest BCUT2D eigenvalue weighted by Gasteiger charge is -2.15. The molecule has 0 fully saturated rings. The third kappa shape index (κ3) is 3.07. The van der Waals surface area contributed by atoms with Crippen LogP contribution in [-0.4, -0.2) is 11.9 Å². The van der Waals surface area contributed by atoms with Gasteiger partial charge in [0.05, 0.1) is 23.7 Å². The van der Waals surface area contributed by atoms with Gasteiger partial charge in [-0.2, -0.15) is 5.26 Å². The number of carbonyl (C=O) groups is 1. The molecule has 3 N–H and O–H groups in total. The smallest absolute Gasteiger partial charge is 0.237 e. The molecular formula is C12H15N3O. The van der Waals surface area contributed by atoms with Gasteiger partial charge in [0.1, 0.15) is 0 Å². The second-order valence-corrected chi connectivity index (χ2v) is 3.75. The molecule has 84 valence electrons. The van der Waals surface area contributed by atoms with Gasteiger partial charge in [0.25, 0.3) is 0 Å². The fourth-order valence-electron chi connectivity index (χ4n) is 1.27. The van der Waals surface area contributed by atoms with E-state index >= 15 is 0 Å². The Balaban J connectivity index is 2.70. The lowest BCUT2D eigenvalue weighted by molar-refractivity contribution is -0.122. The van der Waals surface area contributed by atoms with Gasteiger partial charge in [-0.1, -0.05) is 12.1 Å². The summed E-state index contributed by atoms with van der Waals surface area (Å²) in [7, 11) is 0. The van der Waals surface area contributed by atoms with E-state index in [2.05, 4.69) is 5.32 Å². The molecule has 2 atom stereocenters. The number of nitrogens with zero attached hydrogens (tertiary/aromatic N) is 1. The first-order valence-corrected chi connectivity index (χ1v) is 5.10. The summed E-state index contributed by atoms with van der Waals surface area (Å²) >= 11 is 0. The highest BCUT2D eigenvalue weighted by Crippen LogP contribution is 2.12. The Morgan fingerprint density at radius 3 is 2.38 bits per heavy atom. The van der Waals surface area contributed by atoms with Gasteiger partial charge in [-0.25, -0.2) is 0 Å². The summed E-state index contributed by atoms with van der Waals surface area (Å²) in [6, 6.07) is 8.53. The van der Waals surface area contributed by atoms with Gasteiger partial charge in [-0.3, -0.25) is 4.79 Å². The Morgan fingerprint density at radius 1 is 1.38 bits per heavy atom. The van der Waals surface area contributed by atoms with Crippen LogP contribution in [0.25, 0.3) is 0 Å². The van der Waals surface area contributed by atoms with Crippen LogP contribution in [0.1, 0.15) is 31.0 Å². The van der Waals surface area contributed by atoms with E-state index < -0.39 is 6.04 Å². The maximum atomic E-state index is 11.4. The van der Waals surface area contributed by atoms with E-state index in [0.29, 0.717) is 5.56 Å². The number of rotatable bonds is 3. The van der Waals surface area contributed by atoms with Crippen LogP contribution in [0.4, 0.5) is 0 Å². The molecule has 1 aromatic carbocycles. The summed E-state index contributed by atoms with van der Waals surface area (Å²) in [5.74, 6) is -0.183. The molecule has 1 rings (SSSR count). The van der Waals surface area contributed by atoms with E-state index in [9.17, 15) is 4.79 Å². The number of nitriles is 1. The van der Waals surface area contributed by atoms with E-state index in [0.717, 1.165) is 5.56 Å². The van der Waals surface area contributed by atoms with Gasteiger partial charge in [0.2, 0.25) is 5.91 Å². The van der Waals surface area contributed by atoms with Crippen molar-refractivity contribution in [3.05, 3.63) is 35.4 Å². The SMILES string of the molecule is CC(NC(=O)[C@H](C)N)c1ccc(C#N)cc1. The molecule has 0 radical (unpaired) electrons. The quantitative estimate of drug-likeness (QED) is 0.795. The number of benzene rings is 1. The Bertz CT molecular complexity index is 403. The molecule has 1 amide bonds. The maximum Gasteiger partial charge on any atom is 0.237 e. The van der Waals surface area contributed by atoms with E-state index in [-0.39, 0.29) is 11.9 Å². The number of hydrogen-bond acceptors (Lipinski definition) is 3. The molecule has 4 nitrogen and oxygen atoms in total. The predicted molar refractivity (Wildman–Crippen MR) is 61.4 cm³/mol. The molecule has 0 aliphatic heterocycles. The number of amides is 1. The molecular weight excluding hydrogens is 202 g/mol. The van der Waals surface area contributed by atoms with Gasteiger partial charge in [0, 0.05) is 0 Å². The lowest BCUT2D eigenvalue weighted by atomic mass is 10.1. The number of nitrogens with two attached hydrogens (primary N) is 1. The Morgan fingerprint density at radius 2 is 1.94 bits per heavy atom. The molecule has 1 aromatic rings. The molecule has 0 saturated carbocycles. The third-order valence-corrected chi connectivity index (χ3v) is 2.31. The van der Waals surface area contributed by atoms with Gasteiger partial charge < -0.3 is 11.1 Å². The van der Waals surface area contributed by atoms with Crippen molar-refractivity contribution in [1.29, 1.82) is 5.26 Å². The van der Waals surface area contributed by atoms with Crippen molar-refractivity contribution in [2.75, 3.05) is 0 Å². The minimum absolute atomic E-state index is 0.105. The third-order valence-electron chi connectivity index (χ3n) is 2.31. The maximum absolute atomic E-state index is 11.4. The van der Waals surface area contributed by atoms with Crippen molar-refractivity contribution in [2.24, 2.45) is 5.73 Å². The minimum Gasteiger partial charge on any atom is -0.348 e. The van der Waals surface area contributed by atoms with E-state index in [4.69, 9.17) is 11.0 Å². The van der Waals surface area contributed by atoms with Crippen LogP contribution in [0.2, 0.25) is 0 Å². The molecule has 16 heavy (non-hydrogen) atoms. The van der Waals surface area contributed by atoms with E-state index in [1.165, 1.54) is 0 Å². The second-order valence-electron chi connectivity index (χ2n) is 3.75. The van der Waals surface area contributed by atoms with Crippen LogP contribution in [0, 0.1) is 11.3 Å². The first-order valence-electron chi connectivity index (χ1n) is 5.10. The summed E-state index contributed by atoms with van der Waals surface area (Å²) < 4.78 is 0. The molecule has 0 saturated heterocycles. The lowest BCUT2D eigenvalue weighted by Crippen LogP contribution is -2.39. The van der Waals surface area contributed by atoms with Gasteiger partial charge >= 0.3 is 0 Å². The van der Waals surface area contributed by atoms with Crippen molar-refractivity contribution < 1.29 is 4.79 Å². The van der Waals surface area contributed by atoms with Crippen LogP contribution in [-0.2, 0) is 4.79 Å².